The number of alkyl halides is 3. The number of imidazole rings is 1. The van der Waals surface area contributed by atoms with E-state index in [0.29, 0.717) is 10.1 Å². The minimum atomic E-state index is -3.16. The van der Waals surface area contributed by atoms with Gasteiger partial charge >= 0.3 is 5.69 Å². The third-order valence-electron chi connectivity index (χ3n) is 5.51. The monoisotopic (exact) mass is 504 g/mol. The van der Waals surface area contributed by atoms with Crippen LogP contribution in [0.2, 0.25) is 0 Å². The zero-order valence-corrected chi connectivity index (χ0v) is 18.8. The van der Waals surface area contributed by atoms with Crippen LogP contribution in [0.1, 0.15) is 22.0 Å². The van der Waals surface area contributed by atoms with Crippen molar-refractivity contribution in [1.82, 2.24) is 24.4 Å². The van der Waals surface area contributed by atoms with E-state index in [1.165, 1.54) is 31.4 Å². The summed E-state index contributed by atoms with van der Waals surface area (Å²) in [4.78, 5) is 33.3. The van der Waals surface area contributed by atoms with Gasteiger partial charge in [-0.25, -0.2) is 32.3 Å². The van der Waals surface area contributed by atoms with Gasteiger partial charge in [-0.05, 0) is 35.9 Å². The molecular weight excluding hydrogens is 484 g/mol. The van der Waals surface area contributed by atoms with Crippen molar-refractivity contribution in [3.8, 4) is 11.4 Å². The molecule has 1 unspecified atom stereocenters. The Balaban J connectivity index is 1.65. The second-order valence-electron chi connectivity index (χ2n) is 7.67. The van der Waals surface area contributed by atoms with E-state index >= 15 is 0 Å². The van der Waals surface area contributed by atoms with E-state index in [9.17, 15) is 27.2 Å². The van der Waals surface area contributed by atoms with E-state index in [-0.39, 0.29) is 40.5 Å². The number of benzene rings is 2. The molecule has 36 heavy (non-hydrogen) atoms. The van der Waals surface area contributed by atoms with Gasteiger partial charge in [0.1, 0.15) is 36.1 Å². The normalized spacial score (nSPS) is 12.2. The number of hydrogen-bond donors (Lipinski definition) is 2. The number of nitrogens with one attached hydrogen (secondary N) is 1. The lowest BCUT2D eigenvalue weighted by Gasteiger charge is -2.13. The van der Waals surface area contributed by atoms with Gasteiger partial charge in [-0.1, -0.05) is 12.1 Å². The second-order valence-corrected chi connectivity index (χ2v) is 7.67. The van der Waals surface area contributed by atoms with Crippen LogP contribution < -0.4 is 21.5 Å². The number of hydrogen-bond acceptors (Lipinski definition) is 6. The highest BCUT2D eigenvalue weighted by Gasteiger charge is 2.30. The molecule has 2 aromatic heterocycles. The second kappa shape index (κ2) is 10.1. The van der Waals surface area contributed by atoms with Gasteiger partial charge in [-0.15, -0.1) is 0 Å². The number of aromatic nitrogens is 4. The number of methoxy groups -OCH3 is 1. The molecular formula is C23H20F4N6O3. The molecule has 188 valence electrons. The Morgan fingerprint density at radius 2 is 1.89 bits per heavy atom. The number of nitrogens with zero attached hydrogens (tertiary/aromatic N) is 4. The maximum absolute atomic E-state index is 13.6. The Hall–Kier alpha value is -4.42. The maximum atomic E-state index is 13.6. The van der Waals surface area contributed by atoms with Crippen LogP contribution in [-0.4, -0.2) is 45.2 Å². The van der Waals surface area contributed by atoms with E-state index in [1.807, 2.05) is 0 Å². The molecule has 0 saturated heterocycles. The summed E-state index contributed by atoms with van der Waals surface area (Å²) >= 11 is 0. The molecule has 0 saturated carbocycles. The average Bonchev–Trinajstić information content (AvgIpc) is 3.16. The topological polar surface area (TPSA) is 117 Å². The number of carbonyl (C=O) groups excluding carboxylic acids is 1. The molecule has 0 spiro atoms. The lowest BCUT2D eigenvalue weighted by Crippen LogP contribution is -2.31. The van der Waals surface area contributed by atoms with Crippen molar-refractivity contribution in [2.24, 2.45) is 0 Å². The Kier molecular flexibility index (Phi) is 6.90. The summed E-state index contributed by atoms with van der Waals surface area (Å²) in [5, 5.41) is 2.64. The first kappa shape index (κ1) is 24.7. The molecule has 0 aliphatic rings. The maximum Gasteiger partial charge on any atom is 0.335 e. The Labute approximate surface area is 201 Å². The predicted octanol–water partition coefficient (Wildman–Crippen LogP) is 3.02. The minimum absolute atomic E-state index is 0.0189. The van der Waals surface area contributed by atoms with Gasteiger partial charge < -0.3 is 15.8 Å². The molecule has 0 radical (unpaired) electrons. The van der Waals surface area contributed by atoms with Crippen molar-refractivity contribution >= 4 is 22.9 Å². The first-order chi connectivity index (χ1) is 17.3. The Morgan fingerprint density at radius 3 is 2.53 bits per heavy atom. The van der Waals surface area contributed by atoms with Gasteiger partial charge in [0.15, 0.2) is 11.5 Å². The van der Waals surface area contributed by atoms with Crippen LogP contribution in [0.3, 0.4) is 0 Å². The third-order valence-corrected chi connectivity index (χ3v) is 5.51. The molecule has 4 rings (SSSR count). The predicted molar refractivity (Wildman–Crippen MR) is 123 cm³/mol. The van der Waals surface area contributed by atoms with Gasteiger partial charge in [0, 0.05) is 6.54 Å². The summed E-state index contributed by atoms with van der Waals surface area (Å²) in [5.41, 5.74) is 5.54. The molecule has 0 aliphatic heterocycles. The number of nitrogens with two attached hydrogens (primary N) is 1. The summed E-state index contributed by atoms with van der Waals surface area (Å²) in [5.74, 6) is -1.11. The number of rotatable bonds is 8. The molecule has 2 aromatic carbocycles. The van der Waals surface area contributed by atoms with Crippen molar-refractivity contribution in [2.75, 3.05) is 19.5 Å². The summed E-state index contributed by atoms with van der Waals surface area (Å²) in [7, 11) is 1.36. The number of anilines is 1. The smallest absolute Gasteiger partial charge is 0.335 e. The van der Waals surface area contributed by atoms with Crippen LogP contribution in [0.5, 0.6) is 5.75 Å². The van der Waals surface area contributed by atoms with Crippen LogP contribution in [-0.2, 0) is 6.54 Å². The largest absolute Gasteiger partial charge is 0.496 e. The molecule has 3 N–H and O–H groups in total. The highest BCUT2D eigenvalue weighted by Crippen LogP contribution is 2.26. The summed E-state index contributed by atoms with van der Waals surface area (Å²) < 4.78 is 60.6. The fourth-order valence-corrected chi connectivity index (χ4v) is 3.75. The van der Waals surface area contributed by atoms with Gasteiger partial charge in [-0.2, -0.15) is 0 Å². The van der Waals surface area contributed by atoms with Crippen molar-refractivity contribution in [1.29, 1.82) is 0 Å². The van der Waals surface area contributed by atoms with E-state index in [1.54, 1.807) is 12.1 Å². The van der Waals surface area contributed by atoms with Crippen molar-refractivity contribution < 1.29 is 27.1 Å². The van der Waals surface area contributed by atoms with E-state index in [2.05, 4.69) is 15.3 Å². The van der Waals surface area contributed by atoms with Crippen LogP contribution in [0.25, 0.3) is 16.9 Å². The number of ether oxygens (including phenoxy) is 1. The summed E-state index contributed by atoms with van der Waals surface area (Å²) in [6.45, 7) is -1.44. The molecule has 0 bridgehead atoms. The van der Waals surface area contributed by atoms with Gasteiger partial charge in [0.2, 0.25) is 0 Å². The number of amides is 1. The van der Waals surface area contributed by atoms with Gasteiger partial charge in [-0.3, -0.25) is 13.9 Å². The fourth-order valence-electron chi connectivity index (χ4n) is 3.75. The van der Waals surface area contributed by atoms with E-state index in [4.69, 9.17) is 10.5 Å². The average molecular weight is 504 g/mol. The van der Waals surface area contributed by atoms with Crippen LogP contribution >= 0.6 is 0 Å². The van der Waals surface area contributed by atoms with Gasteiger partial charge in [0.05, 0.1) is 18.4 Å². The zero-order valence-electron chi connectivity index (χ0n) is 18.8. The van der Waals surface area contributed by atoms with Gasteiger partial charge in [0.25, 0.3) is 12.3 Å². The lowest BCUT2D eigenvalue weighted by molar-refractivity contribution is 0.0685. The van der Waals surface area contributed by atoms with E-state index in [0.717, 1.165) is 17.0 Å². The third kappa shape index (κ3) is 4.46. The number of nitrogen functional groups attached to an aromatic ring is 1. The first-order valence-corrected chi connectivity index (χ1v) is 10.5. The molecule has 1 amide bonds. The van der Waals surface area contributed by atoms with Crippen molar-refractivity contribution in [3.05, 3.63) is 76.2 Å². The van der Waals surface area contributed by atoms with Crippen LogP contribution in [0.15, 0.2) is 53.6 Å². The van der Waals surface area contributed by atoms with Crippen molar-refractivity contribution in [2.45, 2.75) is 19.0 Å². The SMILES string of the molecule is COc1ccc(F)cc1C(=O)NCc1ccc(-n2c(=O)n(C(CF)C(F)F)c3ncnc(N)c32)cc1. The van der Waals surface area contributed by atoms with Crippen LogP contribution in [0, 0.1) is 5.82 Å². The molecule has 2 heterocycles. The quantitative estimate of drug-likeness (QED) is 0.357. The van der Waals surface area contributed by atoms with E-state index < -0.39 is 36.6 Å². The molecule has 0 fully saturated rings. The molecule has 4 aromatic rings. The zero-order chi connectivity index (χ0) is 26.0. The highest BCUT2D eigenvalue weighted by molar-refractivity contribution is 5.96. The summed E-state index contributed by atoms with van der Waals surface area (Å²) in [6, 6.07) is 7.65. The number of halogens is 4. The number of carbonyl (C=O) groups is 1. The lowest BCUT2D eigenvalue weighted by atomic mass is 10.1. The molecule has 13 heteroatoms. The Morgan fingerprint density at radius 1 is 1.17 bits per heavy atom. The van der Waals surface area contributed by atoms with Crippen LogP contribution in [0.4, 0.5) is 23.4 Å². The molecule has 9 nitrogen and oxygen atoms in total. The molecule has 0 aliphatic carbocycles. The minimum Gasteiger partial charge on any atom is -0.496 e. The first-order valence-electron chi connectivity index (χ1n) is 10.5. The number of fused-ring (bicyclic) bond motifs is 1. The fraction of sp³-hybridized carbons (Fsp3) is 0.217. The Bertz CT molecular complexity index is 1470. The summed E-state index contributed by atoms with van der Waals surface area (Å²) in [6.07, 6.45) is -2.16. The highest BCUT2D eigenvalue weighted by atomic mass is 19.3. The molecule has 1 atom stereocenters. The standard InChI is InChI=1S/C23H20F4N6O3/c1-36-17-7-4-13(25)8-15(17)22(34)29-10-12-2-5-14(6-3-12)32-18-20(28)30-11-31-21(18)33(23(32)35)16(9-24)19(26)27/h2-8,11,16,19H,9-10H2,1H3,(H,29,34)(H2,28,30,31). The van der Waals surface area contributed by atoms with Crippen molar-refractivity contribution in [3.63, 3.8) is 0 Å².